The first-order valence-corrected chi connectivity index (χ1v) is 10.3. The predicted molar refractivity (Wildman–Crippen MR) is 115 cm³/mol. The molecule has 0 radical (unpaired) electrons. The van der Waals surface area contributed by atoms with Crippen LogP contribution in [-0.4, -0.2) is 22.6 Å². The van der Waals surface area contributed by atoms with E-state index in [0.717, 1.165) is 41.3 Å². The topological polar surface area (TPSA) is 68.0 Å². The van der Waals surface area contributed by atoms with E-state index in [-0.39, 0.29) is 23.7 Å². The lowest BCUT2D eigenvalue weighted by atomic mass is 9.97. The first-order valence-electron chi connectivity index (χ1n) is 9.87. The van der Waals surface area contributed by atoms with Crippen molar-refractivity contribution in [3.8, 4) is 0 Å². The number of hydrogen-bond donors (Lipinski definition) is 1. The lowest BCUT2D eigenvalue weighted by molar-refractivity contribution is 0.0941. The van der Waals surface area contributed by atoms with Gasteiger partial charge in [0, 0.05) is 17.1 Å². The molecule has 0 fully saturated rings. The summed E-state index contributed by atoms with van der Waals surface area (Å²) in [6.45, 7) is 4.41. The summed E-state index contributed by atoms with van der Waals surface area (Å²) in [6, 6.07) is 8.82. The average Bonchev–Trinajstić information content (AvgIpc) is 3.20. The number of rotatable bonds is 8. The predicted octanol–water partition coefficient (Wildman–Crippen LogP) is 5.51. The Morgan fingerprint density at radius 3 is 2.81 bits per heavy atom. The van der Waals surface area contributed by atoms with Gasteiger partial charge in [-0.1, -0.05) is 35.8 Å². The summed E-state index contributed by atoms with van der Waals surface area (Å²) in [4.78, 5) is 16.3. The zero-order valence-corrected chi connectivity index (χ0v) is 18.0. The fourth-order valence-corrected chi connectivity index (χ4v) is 3.36. The molecule has 31 heavy (non-hydrogen) atoms. The first-order chi connectivity index (χ1) is 14.9. The molecule has 0 bridgehead atoms. The summed E-state index contributed by atoms with van der Waals surface area (Å²) in [6.07, 6.45) is 3.44. The van der Waals surface area contributed by atoms with Crippen LogP contribution < -0.4 is 5.32 Å². The molecule has 1 amide bonds. The zero-order valence-electron chi connectivity index (χ0n) is 17.2. The van der Waals surface area contributed by atoms with Crippen molar-refractivity contribution in [1.29, 1.82) is 0 Å². The third-order valence-corrected chi connectivity index (χ3v) is 4.93. The van der Waals surface area contributed by atoms with Gasteiger partial charge in [0.1, 0.15) is 11.6 Å². The molecule has 162 valence electrons. The highest BCUT2D eigenvalue weighted by molar-refractivity contribution is 6.30. The Labute approximate surface area is 184 Å². The third-order valence-electron chi connectivity index (χ3n) is 4.70. The van der Waals surface area contributed by atoms with E-state index in [0.29, 0.717) is 18.0 Å². The van der Waals surface area contributed by atoms with Crippen LogP contribution >= 0.6 is 11.6 Å². The quantitative estimate of drug-likeness (QED) is 0.496. The summed E-state index contributed by atoms with van der Waals surface area (Å²) in [5.74, 6) is -1.80. The Kier molecular flexibility index (Phi) is 7.52. The van der Waals surface area contributed by atoms with Gasteiger partial charge in [-0.3, -0.25) is 4.79 Å². The smallest absolute Gasteiger partial charge is 0.292 e. The van der Waals surface area contributed by atoms with E-state index >= 15 is 0 Å². The molecule has 1 aromatic heterocycles. The largest absolute Gasteiger partial charge is 0.349 e. The number of hydrogen-bond acceptors (Lipinski definition) is 4. The number of carbonyl (C=O) groups is 1. The van der Waals surface area contributed by atoms with Crippen molar-refractivity contribution in [3.63, 3.8) is 0 Å². The molecule has 1 heterocycles. The number of allylic oxidation sites excluding steroid dienone is 1. The SMILES string of the molecule is CC/C=C(/CCNC(=O)c1noc(Cc2cc(F)ccc2F)n1)c1cc(Cl)ccc1C. The van der Waals surface area contributed by atoms with E-state index < -0.39 is 17.5 Å². The molecule has 1 N–H and O–H groups in total. The van der Waals surface area contributed by atoms with Crippen LogP contribution in [-0.2, 0) is 6.42 Å². The van der Waals surface area contributed by atoms with Gasteiger partial charge in [-0.25, -0.2) is 8.78 Å². The zero-order chi connectivity index (χ0) is 22.4. The van der Waals surface area contributed by atoms with Gasteiger partial charge in [-0.05, 0) is 66.8 Å². The van der Waals surface area contributed by atoms with Crippen LogP contribution in [0, 0.1) is 18.6 Å². The van der Waals surface area contributed by atoms with Gasteiger partial charge < -0.3 is 9.84 Å². The van der Waals surface area contributed by atoms with Crippen LogP contribution in [0.5, 0.6) is 0 Å². The standard InChI is InChI=1S/C23H22ClF2N3O2/c1-3-4-15(19-13-17(24)6-5-14(19)2)9-10-27-23(30)22-28-21(31-29-22)12-16-11-18(25)7-8-20(16)26/h4-8,11,13H,3,9-10,12H2,1-2H3,(H,27,30)/b15-4-. The highest BCUT2D eigenvalue weighted by Crippen LogP contribution is 2.25. The van der Waals surface area contributed by atoms with Crippen molar-refractivity contribution in [1.82, 2.24) is 15.5 Å². The summed E-state index contributed by atoms with van der Waals surface area (Å²) in [5, 5.41) is 7.05. The molecule has 8 heteroatoms. The number of aromatic nitrogens is 2. The Morgan fingerprint density at radius 1 is 1.23 bits per heavy atom. The molecule has 0 aliphatic heterocycles. The van der Waals surface area contributed by atoms with E-state index in [2.05, 4.69) is 21.5 Å². The van der Waals surface area contributed by atoms with Gasteiger partial charge in [0.25, 0.3) is 11.7 Å². The highest BCUT2D eigenvalue weighted by Gasteiger charge is 2.16. The highest BCUT2D eigenvalue weighted by atomic mass is 35.5. The molecule has 0 atom stereocenters. The maximum Gasteiger partial charge on any atom is 0.292 e. The van der Waals surface area contributed by atoms with Gasteiger partial charge in [0.2, 0.25) is 5.89 Å². The van der Waals surface area contributed by atoms with Crippen LogP contribution in [0.15, 0.2) is 47.0 Å². The first kappa shape index (κ1) is 22.6. The van der Waals surface area contributed by atoms with Crippen molar-refractivity contribution in [2.75, 3.05) is 6.54 Å². The minimum Gasteiger partial charge on any atom is -0.349 e. The van der Waals surface area contributed by atoms with Gasteiger partial charge in [0.15, 0.2) is 0 Å². The molecular formula is C23H22ClF2N3O2. The van der Waals surface area contributed by atoms with Crippen molar-refractivity contribution in [2.24, 2.45) is 0 Å². The molecule has 0 unspecified atom stereocenters. The Hall–Kier alpha value is -3.06. The molecule has 3 rings (SSSR count). The Bertz CT molecular complexity index is 1110. The van der Waals surface area contributed by atoms with Crippen LogP contribution in [0.3, 0.4) is 0 Å². The number of aryl methyl sites for hydroxylation is 1. The maximum atomic E-state index is 13.8. The second-order valence-corrected chi connectivity index (χ2v) is 7.46. The van der Waals surface area contributed by atoms with Gasteiger partial charge in [-0.15, -0.1) is 0 Å². The summed E-state index contributed by atoms with van der Waals surface area (Å²) in [5.41, 5.74) is 3.30. The summed E-state index contributed by atoms with van der Waals surface area (Å²) >= 11 is 6.14. The van der Waals surface area contributed by atoms with Crippen LogP contribution in [0.2, 0.25) is 5.02 Å². The van der Waals surface area contributed by atoms with Crippen LogP contribution in [0.25, 0.3) is 5.57 Å². The third kappa shape index (κ3) is 5.98. The maximum absolute atomic E-state index is 13.8. The lowest BCUT2D eigenvalue weighted by Gasteiger charge is -2.12. The van der Waals surface area contributed by atoms with E-state index in [4.69, 9.17) is 16.1 Å². The number of nitrogens with one attached hydrogen (secondary N) is 1. The monoisotopic (exact) mass is 445 g/mol. The molecule has 0 aliphatic rings. The van der Waals surface area contributed by atoms with Gasteiger partial charge in [-0.2, -0.15) is 4.98 Å². The minimum absolute atomic E-state index is 0.0239. The fourth-order valence-electron chi connectivity index (χ4n) is 3.18. The number of halogens is 3. The van der Waals surface area contributed by atoms with Crippen molar-refractivity contribution >= 4 is 23.1 Å². The van der Waals surface area contributed by atoms with E-state index in [1.807, 2.05) is 32.0 Å². The second-order valence-electron chi connectivity index (χ2n) is 7.03. The van der Waals surface area contributed by atoms with E-state index in [1.54, 1.807) is 0 Å². The molecule has 0 saturated heterocycles. The molecule has 0 saturated carbocycles. The molecular weight excluding hydrogens is 424 g/mol. The lowest BCUT2D eigenvalue weighted by Crippen LogP contribution is -2.25. The van der Waals surface area contributed by atoms with Crippen LogP contribution in [0.4, 0.5) is 8.78 Å². The normalized spacial score (nSPS) is 11.6. The molecule has 2 aromatic carbocycles. The van der Waals surface area contributed by atoms with Crippen molar-refractivity contribution < 1.29 is 18.1 Å². The number of amides is 1. The fraction of sp³-hybridized carbons (Fsp3) is 0.261. The molecule has 3 aromatic rings. The van der Waals surface area contributed by atoms with Crippen LogP contribution in [0.1, 0.15) is 53.0 Å². The van der Waals surface area contributed by atoms with Crippen molar-refractivity contribution in [3.05, 3.63) is 87.5 Å². The van der Waals surface area contributed by atoms with Gasteiger partial charge >= 0.3 is 0 Å². The Morgan fingerprint density at radius 2 is 2.03 bits per heavy atom. The van der Waals surface area contributed by atoms with E-state index in [9.17, 15) is 13.6 Å². The molecule has 5 nitrogen and oxygen atoms in total. The number of carbonyl (C=O) groups excluding carboxylic acids is 1. The average molecular weight is 446 g/mol. The minimum atomic E-state index is -0.586. The second kappa shape index (κ2) is 10.3. The Balaban J connectivity index is 1.61. The van der Waals surface area contributed by atoms with Crippen molar-refractivity contribution in [2.45, 2.75) is 33.1 Å². The molecule has 0 aliphatic carbocycles. The summed E-state index contributed by atoms with van der Waals surface area (Å²) < 4.78 is 32.1. The number of nitrogens with zero attached hydrogens (tertiary/aromatic N) is 2. The molecule has 0 spiro atoms. The van der Waals surface area contributed by atoms with E-state index in [1.165, 1.54) is 0 Å². The number of benzene rings is 2. The van der Waals surface area contributed by atoms with Gasteiger partial charge in [0.05, 0.1) is 6.42 Å². The summed E-state index contributed by atoms with van der Waals surface area (Å²) in [7, 11) is 0.